The molecule has 2 aromatic rings. The van der Waals surface area contributed by atoms with Crippen molar-refractivity contribution in [3.05, 3.63) is 82.7 Å². The van der Waals surface area contributed by atoms with Gasteiger partial charge in [0.25, 0.3) is 5.91 Å². The maximum absolute atomic E-state index is 13.5. The summed E-state index contributed by atoms with van der Waals surface area (Å²) in [4.78, 5) is 51.7. The first kappa shape index (κ1) is 34.8. The summed E-state index contributed by atoms with van der Waals surface area (Å²) >= 11 is 0. The number of amides is 3. The molecule has 238 valence electrons. The van der Waals surface area contributed by atoms with Crippen LogP contribution in [0.15, 0.2) is 66.0 Å². The molecule has 1 atom stereocenters. The van der Waals surface area contributed by atoms with Crippen molar-refractivity contribution in [2.45, 2.75) is 97.5 Å². The third-order valence-corrected chi connectivity index (χ3v) is 8.50. The Morgan fingerprint density at radius 1 is 0.844 bits per heavy atom. The molecule has 0 saturated heterocycles. The molecule has 3 amide bonds. The van der Waals surface area contributed by atoms with Crippen LogP contribution in [0.5, 0.6) is 5.75 Å². The highest BCUT2D eigenvalue weighted by atomic mass is 16.5. The summed E-state index contributed by atoms with van der Waals surface area (Å²) in [6, 6.07) is 13.6. The van der Waals surface area contributed by atoms with Gasteiger partial charge in [-0.15, -0.1) is 0 Å². The topological polar surface area (TPSA) is 137 Å². The second kappa shape index (κ2) is 14.8. The number of ketones is 2. The second-order valence-electron chi connectivity index (χ2n) is 12.5. The van der Waals surface area contributed by atoms with Crippen molar-refractivity contribution >= 4 is 29.2 Å². The molecule has 0 heterocycles. The summed E-state index contributed by atoms with van der Waals surface area (Å²) < 4.78 is 6.41. The lowest BCUT2D eigenvalue weighted by atomic mass is 9.76. The normalized spacial score (nSPS) is 14.1. The molecule has 9 heteroatoms. The van der Waals surface area contributed by atoms with Crippen LogP contribution in [0.4, 0.5) is 10.5 Å². The minimum Gasteiger partial charge on any atom is -0.480 e. The van der Waals surface area contributed by atoms with Gasteiger partial charge in [0.05, 0.1) is 23.0 Å². The van der Waals surface area contributed by atoms with Gasteiger partial charge in [-0.3, -0.25) is 14.4 Å². The van der Waals surface area contributed by atoms with Crippen molar-refractivity contribution in [2.75, 3.05) is 5.32 Å². The van der Waals surface area contributed by atoms with Gasteiger partial charge in [0.1, 0.15) is 5.75 Å². The van der Waals surface area contributed by atoms with Crippen LogP contribution in [0.3, 0.4) is 0 Å². The fraction of sp³-hybridized carbons (Fsp3) is 0.417. The average molecular weight is 613 g/mol. The number of hydrogen-bond acceptors (Lipinski definition) is 6. The van der Waals surface area contributed by atoms with Crippen LogP contribution in [0, 0.1) is 11.3 Å². The molecule has 0 bridgehead atoms. The van der Waals surface area contributed by atoms with Crippen molar-refractivity contribution in [1.82, 2.24) is 10.6 Å². The average Bonchev–Trinajstić information content (AvgIpc) is 3.01. The van der Waals surface area contributed by atoms with Gasteiger partial charge in [-0.25, -0.2) is 4.79 Å². The molecule has 0 radical (unpaired) electrons. The van der Waals surface area contributed by atoms with Crippen LogP contribution in [0.2, 0.25) is 0 Å². The molecule has 3 N–H and O–H groups in total. The molecule has 1 aliphatic carbocycles. The number of carbonyl (C=O) groups is 4. The maximum Gasteiger partial charge on any atom is 0.323 e. The largest absolute Gasteiger partial charge is 0.480 e. The summed E-state index contributed by atoms with van der Waals surface area (Å²) in [5, 5.41) is 16.4. The minimum absolute atomic E-state index is 0.0258. The Balaban J connectivity index is 1.77. The lowest BCUT2D eigenvalue weighted by molar-refractivity contribution is -0.128. The summed E-state index contributed by atoms with van der Waals surface area (Å²) in [6.07, 6.45) is 4.90. The first-order valence-corrected chi connectivity index (χ1v) is 15.5. The Bertz CT molecular complexity index is 1540. The maximum atomic E-state index is 13.5. The van der Waals surface area contributed by atoms with E-state index in [2.05, 4.69) is 63.6 Å². The zero-order valence-corrected chi connectivity index (χ0v) is 27.3. The number of unbranched alkanes of at least 4 members (excludes halogenated alkanes) is 1. The molecule has 9 nitrogen and oxygen atoms in total. The van der Waals surface area contributed by atoms with Crippen molar-refractivity contribution < 1.29 is 23.9 Å². The number of benzene rings is 2. The summed E-state index contributed by atoms with van der Waals surface area (Å²) in [6.45, 7) is 15.0. The molecule has 2 aromatic carbocycles. The first-order valence-electron chi connectivity index (χ1n) is 15.5. The fourth-order valence-electron chi connectivity index (χ4n) is 4.64. The standard InChI is InChI=1S/C36H44N4O5/c1-8-11-12-32(45-31-18-15-24(35(4,5)9-2)19-26(31)36(6,7)10-3)33(43)39-27-20-30(42)28(21-29(27)41)40-34(44)38-25-16-13-23(22-37)14-17-25/h13-21,32H,8-12H2,1-7H3,(H,39,43)(H2,38,40,44). The van der Waals surface area contributed by atoms with Gasteiger partial charge in [-0.05, 0) is 72.4 Å². The van der Waals surface area contributed by atoms with E-state index in [1.807, 2.05) is 25.1 Å². The van der Waals surface area contributed by atoms with Crippen LogP contribution in [-0.4, -0.2) is 29.6 Å². The van der Waals surface area contributed by atoms with Gasteiger partial charge in [-0.1, -0.05) is 67.0 Å². The van der Waals surface area contributed by atoms with Gasteiger partial charge in [0.15, 0.2) is 6.10 Å². The minimum atomic E-state index is -0.896. The van der Waals surface area contributed by atoms with Crippen LogP contribution >= 0.6 is 0 Å². The SMILES string of the molecule is CCCCC(Oc1ccc(C(C)(C)CC)cc1C(C)(C)CC)C(=O)NC1=CC(=O)C(NC(=O)Nc2ccc(C#N)cc2)=CC1=O. The molecular weight excluding hydrogens is 568 g/mol. The zero-order valence-electron chi connectivity index (χ0n) is 27.3. The Labute approximate surface area is 266 Å². The van der Waals surface area contributed by atoms with E-state index in [9.17, 15) is 19.2 Å². The number of ether oxygens (including phenoxy) is 1. The van der Waals surface area contributed by atoms with Gasteiger partial charge in [0, 0.05) is 23.4 Å². The smallest absolute Gasteiger partial charge is 0.323 e. The van der Waals surface area contributed by atoms with Crippen molar-refractivity contribution in [3.8, 4) is 11.8 Å². The van der Waals surface area contributed by atoms with Crippen LogP contribution in [0.25, 0.3) is 0 Å². The highest BCUT2D eigenvalue weighted by Gasteiger charge is 2.31. The number of rotatable bonds is 13. The van der Waals surface area contributed by atoms with Gasteiger partial charge >= 0.3 is 6.03 Å². The predicted molar refractivity (Wildman–Crippen MR) is 175 cm³/mol. The monoisotopic (exact) mass is 612 g/mol. The number of nitriles is 1. The third-order valence-electron chi connectivity index (χ3n) is 8.50. The van der Waals surface area contributed by atoms with E-state index in [1.54, 1.807) is 0 Å². The molecule has 3 rings (SSSR count). The predicted octanol–water partition coefficient (Wildman–Crippen LogP) is 6.73. The van der Waals surface area contributed by atoms with Crippen LogP contribution in [0.1, 0.15) is 97.3 Å². The van der Waals surface area contributed by atoms with Crippen LogP contribution < -0.4 is 20.7 Å². The lowest BCUT2D eigenvalue weighted by Gasteiger charge is -2.31. The van der Waals surface area contributed by atoms with Gasteiger partial charge < -0.3 is 20.7 Å². The van der Waals surface area contributed by atoms with E-state index < -0.39 is 29.6 Å². The number of nitrogens with one attached hydrogen (secondary N) is 3. The molecule has 0 aromatic heterocycles. The summed E-state index contributed by atoms with van der Waals surface area (Å²) in [7, 11) is 0. The number of anilines is 1. The summed E-state index contributed by atoms with van der Waals surface area (Å²) in [5.41, 5.74) is 2.38. The van der Waals surface area contributed by atoms with Crippen molar-refractivity contribution in [2.24, 2.45) is 0 Å². The molecule has 0 spiro atoms. The molecule has 0 aliphatic heterocycles. The molecule has 1 unspecified atom stereocenters. The van der Waals surface area contributed by atoms with E-state index in [0.717, 1.165) is 43.4 Å². The molecule has 0 fully saturated rings. The quantitative estimate of drug-likeness (QED) is 0.215. The van der Waals surface area contributed by atoms with Gasteiger partial charge in [-0.2, -0.15) is 5.26 Å². The van der Waals surface area contributed by atoms with E-state index >= 15 is 0 Å². The Hall–Kier alpha value is -4.71. The second-order valence-corrected chi connectivity index (χ2v) is 12.5. The Kier molecular flexibility index (Phi) is 11.5. The number of urea groups is 1. The Morgan fingerprint density at radius 2 is 1.44 bits per heavy atom. The first-order chi connectivity index (χ1) is 21.2. The zero-order chi connectivity index (χ0) is 33.4. The highest BCUT2D eigenvalue weighted by molar-refractivity contribution is 6.21. The molecule has 0 saturated carbocycles. The van der Waals surface area contributed by atoms with Gasteiger partial charge in [0.2, 0.25) is 11.6 Å². The third kappa shape index (κ3) is 8.91. The van der Waals surface area contributed by atoms with E-state index in [0.29, 0.717) is 23.4 Å². The lowest BCUT2D eigenvalue weighted by Crippen LogP contribution is -2.41. The molecule has 1 aliphatic rings. The fourth-order valence-corrected chi connectivity index (χ4v) is 4.64. The Morgan fingerprint density at radius 3 is 2.00 bits per heavy atom. The number of hydrogen-bond donors (Lipinski definition) is 3. The van der Waals surface area contributed by atoms with E-state index in [4.69, 9.17) is 10.00 Å². The summed E-state index contributed by atoms with van der Waals surface area (Å²) in [5.74, 6) is -1.19. The van der Waals surface area contributed by atoms with Crippen LogP contribution in [-0.2, 0) is 25.2 Å². The number of nitrogens with zero attached hydrogens (tertiary/aromatic N) is 1. The number of allylic oxidation sites excluding steroid dienone is 2. The molecular formula is C36H44N4O5. The van der Waals surface area contributed by atoms with E-state index in [1.165, 1.54) is 29.8 Å². The van der Waals surface area contributed by atoms with Crippen molar-refractivity contribution in [3.63, 3.8) is 0 Å². The highest BCUT2D eigenvalue weighted by Crippen LogP contribution is 2.39. The number of carbonyl (C=O) groups excluding carboxylic acids is 4. The van der Waals surface area contributed by atoms with Crippen molar-refractivity contribution in [1.29, 1.82) is 5.26 Å². The van der Waals surface area contributed by atoms with E-state index in [-0.39, 0.29) is 22.2 Å². The molecule has 45 heavy (non-hydrogen) atoms.